The van der Waals surface area contributed by atoms with Gasteiger partial charge in [0, 0.05) is 12.6 Å². The Morgan fingerprint density at radius 2 is 2.15 bits per heavy atom. The smallest absolute Gasteiger partial charge is 0.212 e. The predicted octanol–water partition coefficient (Wildman–Crippen LogP) is -0.648. The second-order valence-corrected chi connectivity index (χ2v) is 3.77. The van der Waals surface area contributed by atoms with E-state index in [0.29, 0.717) is 6.29 Å². The minimum absolute atomic E-state index is 0.119. The summed E-state index contributed by atoms with van der Waals surface area (Å²) in [5.74, 6) is -0.336. The first-order chi connectivity index (χ1) is 6.24. The van der Waals surface area contributed by atoms with E-state index in [9.17, 15) is 14.7 Å². The summed E-state index contributed by atoms with van der Waals surface area (Å²) in [7, 11) is 0. The summed E-state index contributed by atoms with van der Waals surface area (Å²) < 4.78 is 0. The van der Waals surface area contributed by atoms with Crippen LogP contribution in [0.25, 0.3) is 0 Å². The number of rotatable bonds is 2. The lowest BCUT2D eigenvalue weighted by molar-refractivity contribution is -0.133. The first-order valence-corrected chi connectivity index (χ1v) is 4.67. The summed E-state index contributed by atoms with van der Waals surface area (Å²) in [5.41, 5.74) is 0. The molecule has 2 fully saturated rings. The molecule has 0 spiro atoms. The number of fused-ring (bicyclic) bond motifs is 1. The first kappa shape index (κ1) is 8.84. The molecular formula is C9H13NO3. The predicted molar refractivity (Wildman–Crippen MR) is 45.2 cm³/mol. The average molecular weight is 183 g/mol. The largest absolute Gasteiger partial charge is 0.391 e. The van der Waals surface area contributed by atoms with Crippen LogP contribution in [0.3, 0.4) is 0 Å². The van der Waals surface area contributed by atoms with Crippen molar-refractivity contribution in [2.75, 3.05) is 6.54 Å². The van der Waals surface area contributed by atoms with Gasteiger partial charge in [0.2, 0.25) is 5.78 Å². The molecule has 0 aromatic rings. The quantitative estimate of drug-likeness (QED) is 0.456. The highest BCUT2D eigenvalue weighted by atomic mass is 16.3. The van der Waals surface area contributed by atoms with E-state index in [1.165, 1.54) is 0 Å². The highest BCUT2D eigenvalue weighted by molar-refractivity contribution is 6.27. The van der Waals surface area contributed by atoms with Gasteiger partial charge in [-0.3, -0.25) is 14.5 Å². The van der Waals surface area contributed by atoms with Gasteiger partial charge >= 0.3 is 0 Å². The molecule has 0 radical (unpaired) electrons. The number of hydrogen-bond donors (Lipinski definition) is 1. The van der Waals surface area contributed by atoms with E-state index in [1.54, 1.807) is 0 Å². The van der Waals surface area contributed by atoms with Crippen LogP contribution < -0.4 is 0 Å². The molecule has 0 aromatic carbocycles. The Bertz CT molecular complexity index is 241. The Morgan fingerprint density at radius 1 is 1.38 bits per heavy atom. The molecule has 2 aliphatic rings. The van der Waals surface area contributed by atoms with Crippen LogP contribution in [0.5, 0.6) is 0 Å². The van der Waals surface area contributed by atoms with Gasteiger partial charge in [0.25, 0.3) is 0 Å². The molecule has 0 saturated carbocycles. The molecule has 4 nitrogen and oxygen atoms in total. The maximum atomic E-state index is 11.2. The van der Waals surface area contributed by atoms with Gasteiger partial charge in [-0.1, -0.05) is 0 Å². The summed E-state index contributed by atoms with van der Waals surface area (Å²) in [6, 6.07) is -0.131. The summed E-state index contributed by atoms with van der Waals surface area (Å²) >= 11 is 0. The molecule has 0 amide bonds. The van der Waals surface area contributed by atoms with Gasteiger partial charge in [-0.25, -0.2) is 0 Å². The fraction of sp³-hybridized carbons (Fsp3) is 0.778. The first-order valence-electron chi connectivity index (χ1n) is 4.67. The zero-order valence-corrected chi connectivity index (χ0v) is 7.35. The van der Waals surface area contributed by atoms with Crippen LogP contribution in [0.1, 0.15) is 19.3 Å². The molecule has 2 aliphatic heterocycles. The zero-order valence-electron chi connectivity index (χ0n) is 7.35. The minimum Gasteiger partial charge on any atom is -0.391 e. The molecule has 4 heteroatoms. The van der Waals surface area contributed by atoms with Gasteiger partial charge in [0.15, 0.2) is 6.29 Å². The van der Waals surface area contributed by atoms with Crippen LogP contribution >= 0.6 is 0 Å². The van der Waals surface area contributed by atoms with E-state index in [2.05, 4.69) is 0 Å². The molecule has 3 unspecified atom stereocenters. The van der Waals surface area contributed by atoms with Crippen molar-refractivity contribution >= 4 is 12.1 Å². The summed E-state index contributed by atoms with van der Waals surface area (Å²) in [6.45, 7) is 0.746. The Morgan fingerprint density at radius 3 is 2.85 bits per heavy atom. The van der Waals surface area contributed by atoms with Gasteiger partial charge in [-0.15, -0.1) is 0 Å². The Kier molecular flexibility index (Phi) is 2.17. The molecule has 13 heavy (non-hydrogen) atoms. The highest BCUT2D eigenvalue weighted by Gasteiger charge is 2.44. The third-order valence-corrected chi connectivity index (χ3v) is 3.13. The van der Waals surface area contributed by atoms with Crippen LogP contribution in [0.15, 0.2) is 0 Å². The molecule has 2 rings (SSSR count). The van der Waals surface area contributed by atoms with E-state index < -0.39 is 0 Å². The lowest BCUT2D eigenvalue weighted by Gasteiger charge is -2.21. The molecular weight excluding hydrogens is 170 g/mol. The second-order valence-electron chi connectivity index (χ2n) is 3.77. The van der Waals surface area contributed by atoms with E-state index in [4.69, 9.17) is 0 Å². The second kappa shape index (κ2) is 3.20. The van der Waals surface area contributed by atoms with Crippen molar-refractivity contribution in [2.45, 2.75) is 37.5 Å². The number of Topliss-reactive ketones (excluding diaryl/α,β-unsaturated/α-hetero) is 1. The van der Waals surface area contributed by atoms with Gasteiger partial charge in [0.05, 0.1) is 12.1 Å². The number of aldehydes is 1. The average Bonchev–Trinajstić information content (AvgIpc) is 2.68. The zero-order chi connectivity index (χ0) is 9.42. The van der Waals surface area contributed by atoms with Crippen LogP contribution in [-0.2, 0) is 9.59 Å². The molecule has 0 aliphatic carbocycles. The Labute approximate surface area is 76.5 Å². The number of aliphatic hydroxyl groups is 1. The number of ketones is 1. The molecule has 1 N–H and O–H groups in total. The van der Waals surface area contributed by atoms with Crippen LogP contribution in [0, 0.1) is 0 Å². The monoisotopic (exact) mass is 183 g/mol. The van der Waals surface area contributed by atoms with Crippen molar-refractivity contribution in [1.29, 1.82) is 0 Å². The summed E-state index contributed by atoms with van der Waals surface area (Å²) in [5, 5.41) is 9.53. The summed E-state index contributed by atoms with van der Waals surface area (Å²) in [4.78, 5) is 23.5. The minimum atomic E-state index is -0.336. The van der Waals surface area contributed by atoms with Crippen molar-refractivity contribution in [1.82, 2.24) is 4.90 Å². The number of hydrogen-bond acceptors (Lipinski definition) is 4. The van der Waals surface area contributed by atoms with Gasteiger partial charge in [0.1, 0.15) is 0 Å². The van der Waals surface area contributed by atoms with Crippen LogP contribution in [0.4, 0.5) is 0 Å². The standard InChI is InChI=1S/C9H13NO3/c11-5-9(13)7-2-1-6-8(12)3-4-10(6)7/h5-8,12H,1-4H2. The molecule has 72 valence electrons. The number of nitrogens with zero attached hydrogens (tertiary/aromatic N) is 1. The molecule has 2 saturated heterocycles. The molecule has 3 atom stereocenters. The van der Waals surface area contributed by atoms with E-state index in [1.807, 2.05) is 4.90 Å². The van der Waals surface area contributed by atoms with Crippen molar-refractivity contribution in [3.05, 3.63) is 0 Å². The fourth-order valence-electron chi connectivity index (χ4n) is 2.48. The number of aliphatic hydroxyl groups excluding tert-OH is 1. The maximum Gasteiger partial charge on any atom is 0.212 e. The van der Waals surface area contributed by atoms with E-state index >= 15 is 0 Å². The lowest BCUT2D eigenvalue weighted by atomic mass is 10.1. The van der Waals surface area contributed by atoms with Crippen LogP contribution in [0.2, 0.25) is 0 Å². The Hall–Kier alpha value is -0.740. The third-order valence-electron chi connectivity index (χ3n) is 3.13. The van der Waals surface area contributed by atoms with Gasteiger partial charge < -0.3 is 5.11 Å². The molecule has 0 bridgehead atoms. The van der Waals surface area contributed by atoms with E-state index in [-0.39, 0.29) is 24.0 Å². The van der Waals surface area contributed by atoms with Crippen molar-refractivity contribution in [2.24, 2.45) is 0 Å². The third kappa shape index (κ3) is 1.30. The van der Waals surface area contributed by atoms with Crippen molar-refractivity contribution in [3.8, 4) is 0 Å². The normalized spacial score (nSPS) is 39.0. The SMILES string of the molecule is O=CC(=O)C1CCC2C(O)CCN12. The van der Waals surface area contributed by atoms with Crippen LogP contribution in [-0.4, -0.2) is 46.8 Å². The van der Waals surface area contributed by atoms with Gasteiger partial charge in [-0.05, 0) is 19.3 Å². The van der Waals surface area contributed by atoms with Crippen molar-refractivity contribution < 1.29 is 14.7 Å². The number of carbonyl (C=O) groups is 2. The topological polar surface area (TPSA) is 57.6 Å². The highest BCUT2D eigenvalue weighted by Crippen LogP contribution is 2.32. The maximum absolute atomic E-state index is 11.2. The summed E-state index contributed by atoms with van der Waals surface area (Å²) in [6.07, 6.45) is 2.39. The fourth-order valence-corrected chi connectivity index (χ4v) is 2.48. The van der Waals surface area contributed by atoms with E-state index in [0.717, 1.165) is 25.8 Å². The van der Waals surface area contributed by atoms with Gasteiger partial charge in [-0.2, -0.15) is 0 Å². The van der Waals surface area contributed by atoms with Crippen molar-refractivity contribution in [3.63, 3.8) is 0 Å². The molecule has 2 heterocycles. The number of carbonyl (C=O) groups excluding carboxylic acids is 2. The lowest BCUT2D eigenvalue weighted by Crippen LogP contribution is -2.39. The molecule has 0 aromatic heterocycles. The Balaban J connectivity index is 2.10.